The lowest BCUT2D eigenvalue weighted by atomic mass is 9.96. The van der Waals surface area contributed by atoms with Crippen LogP contribution in [-0.4, -0.2) is 23.6 Å². The van der Waals surface area contributed by atoms with E-state index in [4.69, 9.17) is 5.11 Å². The second-order valence-corrected chi connectivity index (χ2v) is 3.13. The van der Waals surface area contributed by atoms with E-state index in [0.717, 1.165) is 6.08 Å². The molecular formula is C9H5F7O. The smallest absolute Gasteiger partial charge is 0.384 e. The van der Waals surface area contributed by atoms with Gasteiger partial charge in [0.15, 0.2) is 0 Å². The van der Waals surface area contributed by atoms with Crippen LogP contribution in [0, 0.1) is 0 Å². The van der Waals surface area contributed by atoms with E-state index in [2.05, 4.69) is 0 Å². The topological polar surface area (TPSA) is 20.2 Å². The first kappa shape index (κ1) is 13.8. The van der Waals surface area contributed by atoms with Crippen LogP contribution in [0.1, 0.15) is 0 Å². The van der Waals surface area contributed by atoms with Crippen LogP contribution in [0.15, 0.2) is 35.2 Å². The Balaban J connectivity index is 3.50. The Hall–Kier alpha value is -1.31. The summed E-state index contributed by atoms with van der Waals surface area (Å²) < 4.78 is 86.4. The van der Waals surface area contributed by atoms with Crippen LogP contribution in [-0.2, 0) is 0 Å². The maximum Gasteiger partial charge on any atom is 0.421 e. The molecule has 1 unspecified atom stereocenters. The molecule has 0 saturated carbocycles. The molecule has 0 bridgehead atoms. The van der Waals surface area contributed by atoms with E-state index in [1.54, 1.807) is 0 Å². The summed E-state index contributed by atoms with van der Waals surface area (Å²) in [7, 11) is 0. The number of allylic oxidation sites excluding steroid dienone is 3. The van der Waals surface area contributed by atoms with Crippen molar-refractivity contribution < 1.29 is 35.8 Å². The molecule has 0 aromatic carbocycles. The fourth-order valence-electron chi connectivity index (χ4n) is 1.31. The minimum Gasteiger partial charge on any atom is -0.384 e. The van der Waals surface area contributed by atoms with Crippen molar-refractivity contribution in [3.63, 3.8) is 0 Å². The SMILES string of the molecule is OC1C=CC=C(F)C1=C(C(F)(F)F)C(F)(F)F. The first-order valence-corrected chi connectivity index (χ1v) is 4.16. The van der Waals surface area contributed by atoms with E-state index in [1.807, 2.05) is 0 Å². The zero-order valence-corrected chi connectivity index (χ0v) is 7.90. The van der Waals surface area contributed by atoms with Gasteiger partial charge in [-0.05, 0) is 6.08 Å². The molecule has 0 heterocycles. The summed E-state index contributed by atoms with van der Waals surface area (Å²) in [5, 5.41) is 9.01. The molecule has 0 amide bonds. The van der Waals surface area contributed by atoms with Crippen LogP contribution in [0.3, 0.4) is 0 Å². The Morgan fingerprint density at radius 1 is 1.06 bits per heavy atom. The quantitative estimate of drug-likeness (QED) is 0.665. The number of hydrogen-bond donors (Lipinski definition) is 1. The summed E-state index contributed by atoms with van der Waals surface area (Å²) in [5.41, 5.74) is -4.84. The average molecular weight is 262 g/mol. The highest BCUT2D eigenvalue weighted by Crippen LogP contribution is 2.44. The largest absolute Gasteiger partial charge is 0.421 e. The summed E-state index contributed by atoms with van der Waals surface area (Å²) in [6, 6.07) is 0. The van der Waals surface area contributed by atoms with Crippen molar-refractivity contribution in [1.82, 2.24) is 0 Å². The Morgan fingerprint density at radius 2 is 1.53 bits per heavy atom. The van der Waals surface area contributed by atoms with E-state index < -0.39 is 35.4 Å². The molecule has 1 aliphatic rings. The van der Waals surface area contributed by atoms with Crippen molar-refractivity contribution in [3.05, 3.63) is 35.2 Å². The lowest BCUT2D eigenvalue weighted by molar-refractivity contribution is -0.174. The Kier molecular flexibility index (Phi) is 3.37. The summed E-state index contributed by atoms with van der Waals surface area (Å²) in [6.45, 7) is 0. The van der Waals surface area contributed by atoms with Crippen molar-refractivity contribution in [3.8, 4) is 0 Å². The summed E-state index contributed by atoms with van der Waals surface area (Å²) in [6.07, 6.45) is -12.0. The van der Waals surface area contributed by atoms with Crippen LogP contribution in [0.2, 0.25) is 0 Å². The third-order valence-corrected chi connectivity index (χ3v) is 1.93. The number of hydrogen-bond acceptors (Lipinski definition) is 1. The zero-order valence-electron chi connectivity index (χ0n) is 7.90. The molecule has 96 valence electrons. The summed E-state index contributed by atoms with van der Waals surface area (Å²) in [5.74, 6) is -1.76. The summed E-state index contributed by atoms with van der Waals surface area (Å²) in [4.78, 5) is 0. The molecule has 0 aromatic rings. The van der Waals surface area contributed by atoms with Gasteiger partial charge in [-0.1, -0.05) is 12.2 Å². The first-order valence-electron chi connectivity index (χ1n) is 4.16. The maximum atomic E-state index is 13.0. The molecule has 0 aliphatic heterocycles. The third-order valence-electron chi connectivity index (χ3n) is 1.93. The molecule has 1 atom stereocenters. The van der Waals surface area contributed by atoms with Gasteiger partial charge in [0, 0.05) is 5.57 Å². The molecule has 0 aromatic heterocycles. The Morgan fingerprint density at radius 3 is 1.88 bits per heavy atom. The molecule has 1 rings (SSSR count). The molecule has 1 N–H and O–H groups in total. The van der Waals surface area contributed by atoms with Gasteiger partial charge in [-0.3, -0.25) is 0 Å². The second-order valence-electron chi connectivity index (χ2n) is 3.13. The van der Waals surface area contributed by atoms with Crippen LogP contribution in [0.25, 0.3) is 0 Å². The normalized spacial score (nSPS) is 21.5. The van der Waals surface area contributed by atoms with Gasteiger partial charge in [0.1, 0.15) is 17.5 Å². The number of rotatable bonds is 0. The van der Waals surface area contributed by atoms with Crippen LogP contribution >= 0.6 is 0 Å². The molecule has 0 spiro atoms. The lowest BCUT2D eigenvalue weighted by Gasteiger charge is -2.22. The fourth-order valence-corrected chi connectivity index (χ4v) is 1.31. The van der Waals surface area contributed by atoms with E-state index in [0.29, 0.717) is 12.2 Å². The highest BCUT2D eigenvalue weighted by Gasteiger charge is 2.54. The van der Waals surface area contributed by atoms with Gasteiger partial charge in [0.05, 0.1) is 0 Å². The number of alkyl halides is 6. The van der Waals surface area contributed by atoms with Crippen molar-refractivity contribution in [1.29, 1.82) is 0 Å². The van der Waals surface area contributed by atoms with Gasteiger partial charge in [-0.15, -0.1) is 0 Å². The minimum atomic E-state index is -5.80. The molecule has 8 heteroatoms. The van der Waals surface area contributed by atoms with Gasteiger partial charge < -0.3 is 5.11 Å². The molecule has 0 saturated heterocycles. The van der Waals surface area contributed by atoms with Crippen molar-refractivity contribution >= 4 is 0 Å². The van der Waals surface area contributed by atoms with Crippen molar-refractivity contribution in [2.75, 3.05) is 0 Å². The van der Waals surface area contributed by atoms with E-state index >= 15 is 0 Å². The third kappa shape index (κ3) is 2.87. The maximum absolute atomic E-state index is 13.0. The highest BCUT2D eigenvalue weighted by molar-refractivity contribution is 5.45. The number of aliphatic hydroxyl groups excluding tert-OH is 1. The van der Waals surface area contributed by atoms with Crippen molar-refractivity contribution in [2.24, 2.45) is 0 Å². The lowest BCUT2D eigenvalue weighted by Crippen LogP contribution is -2.31. The van der Waals surface area contributed by atoms with Gasteiger partial charge in [0.2, 0.25) is 0 Å². The van der Waals surface area contributed by atoms with Gasteiger partial charge >= 0.3 is 12.4 Å². The highest BCUT2D eigenvalue weighted by atomic mass is 19.4. The van der Waals surface area contributed by atoms with Gasteiger partial charge in [0.25, 0.3) is 0 Å². The summed E-state index contributed by atoms with van der Waals surface area (Å²) >= 11 is 0. The monoisotopic (exact) mass is 262 g/mol. The zero-order chi connectivity index (χ0) is 13.4. The number of halogens is 7. The Labute approximate surface area is 90.5 Å². The van der Waals surface area contributed by atoms with E-state index in [9.17, 15) is 30.7 Å². The van der Waals surface area contributed by atoms with Crippen LogP contribution in [0.4, 0.5) is 30.7 Å². The van der Waals surface area contributed by atoms with Crippen molar-refractivity contribution in [2.45, 2.75) is 18.5 Å². The second kappa shape index (κ2) is 4.17. The predicted molar refractivity (Wildman–Crippen MR) is 43.5 cm³/mol. The van der Waals surface area contributed by atoms with Crippen LogP contribution in [0.5, 0.6) is 0 Å². The molecule has 0 fully saturated rings. The molecule has 17 heavy (non-hydrogen) atoms. The average Bonchev–Trinajstić information content (AvgIpc) is 2.06. The van der Waals surface area contributed by atoms with Crippen LogP contribution < -0.4 is 0 Å². The minimum absolute atomic E-state index is 0.416. The van der Waals surface area contributed by atoms with E-state index in [1.165, 1.54) is 0 Å². The van der Waals surface area contributed by atoms with E-state index in [-0.39, 0.29) is 0 Å². The molecular weight excluding hydrogens is 257 g/mol. The first-order chi connectivity index (χ1) is 7.55. The molecule has 1 nitrogen and oxygen atoms in total. The fraction of sp³-hybridized carbons (Fsp3) is 0.333. The number of aliphatic hydroxyl groups is 1. The standard InChI is InChI=1S/C9H5F7O/c10-4-2-1-3-5(17)6(4)7(8(11,12)13)9(14,15)16/h1-3,5,17H. The van der Waals surface area contributed by atoms with Gasteiger partial charge in [-0.25, -0.2) is 4.39 Å². The predicted octanol–water partition coefficient (Wildman–Crippen LogP) is 3.19. The van der Waals surface area contributed by atoms with Gasteiger partial charge in [-0.2, -0.15) is 26.3 Å². The molecule has 0 radical (unpaired) electrons. The molecule has 1 aliphatic carbocycles. The Bertz CT molecular complexity index is 381.